The van der Waals surface area contributed by atoms with E-state index in [2.05, 4.69) is 24.3 Å². The maximum absolute atomic E-state index is 6.18. The molecule has 1 aromatic carbocycles. The summed E-state index contributed by atoms with van der Waals surface area (Å²) in [5.41, 5.74) is 1.61. The van der Waals surface area contributed by atoms with Gasteiger partial charge in [-0.2, -0.15) is 0 Å². The molecule has 0 unspecified atom stereocenters. The van der Waals surface area contributed by atoms with Gasteiger partial charge in [0.25, 0.3) is 0 Å². The monoisotopic (exact) mass is 266 g/mol. The van der Waals surface area contributed by atoms with Crippen LogP contribution in [0.15, 0.2) is 30.3 Å². The van der Waals surface area contributed by atoms with E-state index in [1.165, 1.54) is 37.7 Å². The molecule has 0 atom stereocenters. The van der Waals surface area contributed by atoms with Crippen molar-refractivity contribution in [2.24, 2.45) is 5.41 Å². The van der Waals surface area contributed by atoms with Crippen molar-refractivity contribution in [3.05, 3.63) is 35.9 Å². The van der Waals surface area contributed by atoms with Gasteiger partial charge in [-0.05, 0) is 30.2 Å². The lowest BCUT2D eigenvalue weighted by molar-refractivity contribution is 0.0746. The van der Waals surface area contributed by atoms with Gasteiger partial charge in [0.05, 0.1) is 6.61 Å². The second-order valence-electron chi connectivity index (χ2n) is 5.48. The smallest absolute Gasteiger partial charge is 0.0716 e. The number of ether oxygens (including phenoxy) is 1. The van der Waals surface area contributed by atoms with Crippen molar-refractivity contribution in [3.63, 3.8) is 0 Å². The molecule has 2 rings (SSSR count). The van der Waals surface area contributed by atoms with Crippen molar-refractivity contribution < 1.29 is 4.74 Å². The molecule has 1 aliphatic rings. The summed E-state index contributed by atoms with van der Waals surface area (Å²) in [5.74, 6) is 0.793. The van der Waals surface area contributed by atoms with Crippen LogP contribution < -0.4 is 0 Å². The van der Waals surface area contributed by atoms with Gasteiger partial charge < -0.3 is 4.74 Å². The zero-order valence-corrected chi connectivity index (χ0v) is 11.8. The van der Waals surface area contributed by atoms with E-state index in [1.807, 2.05) is 6.07 Å². The Kier molecular flexibility index (Phi) is 5.52. The first kappa shape index (κ1) is 13.9. The SMILES string of the molecule is ClCC1(CCOCc2ccccc2)CCCCC1. The number of rotatable bonds is 6. The van der Waals surface area contributed by atoms with Gasteiger partial charge >= 0.3 is 0 Å². The predicted molar refractivity (Wildman–Crippen MR) is 77.0 cm³/mol. The van der Waals surface area contributed by atoms with Gasteiger partial charge in [-0.1, -0.05) is 49.6 Å². The van der Waals surface area contributed by atoms with Crippen molar-refractivity contribution in [3.8, 4) is 0 Å². The molecule has 0 radical (unpaired) electrons. The van der Waals surface area contributed by atoms with Crippen LogP contribution in [-0.4, -0.2) is 12.5 Å². The zero-order chi connectivity index (χ0) is 12.7. The summed E-state index contributed by atoms with van der Waals surface area (Å²) in [6, 6.07) is 10.4. The molecule has 0 bridgehead atoms. The fraction of sp³-hybridized carbons (Fsp3) is 0.625. The van der Waals surface area contributed by atoms with E-state index >= 15 is 0 Å². The summed E-state index contributed by atoms with van der Waals surface area (Å²) in [7, 11) is 0. The highest BCUT2D eigenvalue weighted by Crippen LogP contribution is 2.40. The third-order valence-electron chi connectivity index (χ3n) is 4.09. The molecule has 18 heavy (non-hydrogen) atoms. The first-order valence-electron chi connectivity index (χ1n) is 7.02. The van der Waals surface area contributed by atoms with Gasteiger partial charge in [-0.3, -0.25) is 0 Å². The first-order valence-corrected chi connectivity index (χ1v) is 7.56. The van der Waals surface area contributed by atoms with Gasteiger partial charge in [0.2, 0.25) is 0 Å². The molecule has 1 aromatic rings. The number of benzene rings is 1. The van der Waals surface area contributed by atoms with E-state index in [4.69, 9.17) is 16.3 Å². The second kappa shape index (κ2) is 7.16. The summed E-state index contributed by atoms with van der Waals surface area (Å²) in [4.78, 5) is 0. The molecular weight excluding hydrogens is 244 g/mol. The van der Waals surface area contributed by atoms with Crippen molar-refractivity contribution in [2.45, 2.75) is 45.1 Å². The Labute approximate surface area is 115 Å². The molecular formula is C16H23ClO. The largest absolute Gasteiger partial charge is 0.377 e. The third-order valence-corrected chi connectivity index (χ3v) is 4.65. The molecule has 0 heterocycles. The van der Waals surface area contributed by atoms with Gasteiger partial charge in [-0.25, -0.2) is 0 Å². The average Bonchev–Trinajstić information content (AvgIpc) is 2.46. The van der Waals surface area contributed by atoms with Crippen LogP contribution in [0.3, 0.4) is 0 Å². The van der Waals surface area contributed by atoms with E-state index in [9.17, 15) is 0 Å². The summed E-state index contributed by atoms with van der Waals surface area (Å²) in [6.07, 6.45) is 7.74. The lowest BCUT2D eigenvalue weighted by atomic mass is 9.73. The molecule has 2 heteroatoms. The van der Waals surface area contributed by atoms with E-state index < -0.39 is 0 Å². The highest BCUT2D eigenvalue weighted by Gasteiger charge is 2.30. The topological polar surface area (TPSA) is 9.23 Å². The minimum Gasteiger partial charge on any atom is -0.377 e. The Hall–Kier alpha value is -0.530. The molecule has 0 spiro atoms. The van der Waals surface area contributed by atoms with Crippen LogP contribution in [0, 0.1) is 5.41 Å². The Balaban J connectivity index is 1.71. The van der Waals surface area contributed by atoms with E-state index in [0.29, 0.717) is 5.41 Å². The van der Waals surface area contributed by atoms with Crippen LogP contribution in [0.2, 0.25) is 0 Å². The van der Waals surface area contributed by atoms with Crippen LogP contribution in [-0.2, 0) is 11.3 Å². The predicted octanol–water partition coefficient (Wildman–Crippen LogP) is 4.78. The molecule has 100 valence electrons. The van der Waals surface area contributed by atoms with Crippen LogP contribution in [0.1, 0.15) is 44.1 Å². The molecule has 1 fully saturated rings. The Bertz CT molecular complexity index is 330. The van der Waals surface area contributed by atoms with Gasteiger partial charge in [0, 0.05) is 12.5 Å². The molecule has 1 aliphatic carbocycles. The highest BCUT2D eigenvalue weighted by atomic mass is 35.5. The quantitative estimate of drug-likeness (QED) is 0.532. The Morgan fingerprint density at radius 2 is 1.78 bits per heavy atom. The maximum atomic E-state index is 6.18. The number of hydrogen-bond acceptors (Lipinski definition) is 1. The van der Waals surface area contributed by atoms with Crippen LogP contribution in [0.25, 0.3) is 0 Å². The van der Waals surface area contributed by atoms with Gasteiger partial charge in [-0.15, -0.1) is 11.6 Å². The van der Waals surface area contributed by atoms with Gasteiger partial charge in [0.1, 0.15) is 0 Å². The van der Waals surface area contributed by atoms with E-state index in [1.54, 1.807) is 0 Å². The summed E-state index contributed by atoms with van der Waals surface area (Å²) < 4.78 is 5.79. The van der Waals surface area contributed by atoms with Crippen molar-refractivity contribution in [1.29, 1.82) is 0 Å². The van der Waals surface area contributed by atoms with Gasteiger partial charge in [0.15, 0.2) is 0 Å². The molecule has 0 N–H and O–H groups in total. The normalized spacial score (nSPS) is 18.7. The lowest BCUT2D eigenvalue weighted by Gasteiger charge is -2.35. The Morgan fingerprint density at radius 1 is 1.06 bits per heavy atom. The molecule has 0 saturated heterocycles. The van der Waals surface area contributed by atoms with Crippen LogP contribution in [0.5, 0.6) is 0 Å². The number of halogens is 1. The first-order chi connectivity index (χ1) is 8.85. The summed E-state index contributed by atoms with van der Waals surface area (Å²) >= 11 is 6.18. The fourth-order valence-electron chi connectivity index (χ4n) is 2.81. The average molecular weight is 267 g/mol. The molecule has 0 aromatic heterocycles. The molecule has 1 nitrogen and oxygen atoms in total. The molecule has 0 aliphatic heterocycles. The highest BCUT2D eigenvalue weighted by molar-refractivity contribution is 6.18. The van der Waals surface area contributed by atoms with Crippen molar-refractivity contribution >= 4 is 11.6 Å². The Morgan fingerprint density at radius 3 is 2.44 bits per heavy atom. The number of alkyl halides is 1. The minimum absolute atomic E-state index is 0.358. The maximum Gasteiger partial charge on any atom is 0.0716 e. The van der Waals surface area contributed by atoms with Crippen molar-refractivity contribution in [1.82, 2.24) is 0 Å². The lowest BCUT2D eigenvalue weighted by Crippen LogP contribution is -2.27. The van der Waals surface area contributed by atoms with E-state index in [-0.39, 0.29) is 0 Å². The molecule has 1 saturated carbocycles. The van der Waals surface area contributed by atoms with Crippen LogP contribution in [0.4, 0.5) is 0 Å². The van der Waals surface area contributed by atoms with Crippen molar-refractivity contribution in [2.75, 3.05) is 12.5 Å². The fourth-order valence-corrected chi connectivity index (χ4v) is 3.21. The second-order valence-corrected chi connectivity index (χ2v) is 5.75. The summed E-state index contributed by atoms with van der Waals surface area (Å²) in [5, 5.41) is 0. The van der Waals surface area contributed by atoms with E-state index in [0.717, 1.165) is 25.5 Å². The third kappa shape index (κ3) is 4.00. The zero-order valence-electron chi connectivity index (χ0n) is 11.0. The summed E-state index contributed by atoms with van der Waals surface area (Å²) in [6.45, 7) is 1.56. The van der Waals surface area contributed by atoms with Crippen LogP contribution >= 0.6 is 11.6 Å². The number of hydrogen-bond donors (Lipinski definition) is 0. The minimum atomic E-state index is 0.358. The standard InChI is InChI=1S/C16H23ClO/c17-14-16(9-5-2-6-10-16)11-12-18-13-15-7-3-1-4-8-15/h1,3-4,7-8H,2,5-6,9-14H2. The molecule has 0 amide bonds.